The number of rotatable bonds is 8. The van der Waals surface area contributed by atoms with Crippen LogP contribution in [0, 0.1) is 0 Å². The summed E-state index contributed by atoms with van der Waals surface area (Å²) in [6.45, 7) is 0.397. The lowest BCUT2D eigenvalue weighted by atomic mass is 10.1. The summed E-state index contributed by atoms with van der Waals surface area (Å²) in [5.74, 6) is -1.36. The fourth-order valence-corrected chi connectivity index (χ4v) is 5.65. The fraction of sp³-hybridized carbons (Fsp3) is 0.333. The van der Waals surface area contributed by atoms with Gasteiger partial charge in [0.15, 0.2) is 12.4 Å². The first kappa shape index (κ1) is 24.1. The van der Waals surface area contributed by atoms with Crippen molar-refractivity contribution in [3.05, 3.63) is 59.7 Å². The lowest BCUT2D eigenvalue weighted by Gasteiger charge is -2.15. The van der Waals surface area contributed by atoms with Crippen LogP contribution in [0.1, 0.15) is 33.6 Å². The molecule has 172 valence electrons. The van der Waals surface area contributed by atoms with Crippen LogP contribution in [-0.2, 0) is 24.8 Å². The van der Waals surface area contributed by atoms with Crippen molar-refractivity contribution < 1.29 is 31.2 Å². The molecule has 0 bridgehead atoms. The van der Waals surface area contributed by atoms with E-state index in [1.54, 1.807) is 0 Å². The van der Waals surface area contributed by atoms with Crippen molar-refractivity contribution in [1.29, 1.82) is 0 Å². The number of carbonyl (C=O) groups is 2. The van der Waals surface area contributed by atoms with Crippen LogP contribution in [0.5, 0.6) is 0 Å². The van der Waals surface area contributed by atoms with E-state index in [1.165, 1.54) is 66.9 Å². The van der Waals surface area contributed by atoms with E-state index in [2.05, 4.69) is 0 Å². The van der Waals surface area contributed by atoms with Gasteiger partial charge in [-0.25, -0.2) is 25.9 Å². The first-order valence-electron chi connectivity index (χ1n) is 9.86. The molecule has 0 unspecified atom stereocenters. The van der Waals surface area contributed by atoms with Crippen molar-refractivity contribution in [2.75, 3.05) is 33.8 Å². The van der Waals surface area contributed by atoms with Crippen LogP contribution in [0.25, 0.3) is 0 Å². The number of hydrogen-bond acceptors (Lipinski definition) is 7. The molecule has 3 rings (SSSR count). The Labute approximate surface area is 187 Å². The molecule has 1 aliphatic rings. The molecular weight excluding hydrogens is 456 g/mol. The van der Waals surface area contributed by atoms with Gasteiger partial charge in [0.2, 0.25) is 20.0 Å². The second kappa shape index (κ2) is 9.49. The van der Waals surface area contributed by atoms with Crippen LogP contribution in [0.4, 0.5) is 0 Å². The highest BCUT2D eigenvalue weighted by molar-refractivity contribution is 7.89. The highest BCUT2D eigenvalue weighted by atomic mass is 32.2. The minimum Gasteiger partial charge on any atom is -0.454 e. The minimum absolute atomic E-state index is 0.00669. The topological polar surface area (TPSA) is 118 Å². The van der Waals surface area contributed by atoms with E-state index >= 15 is 0 Å². The predicted octanol–water partition coefficient (Wildman–Crippen LogP) is 1.76. The second-order valence-electron chi connectivity index (χ2n) is 7.45. The Morgan fingerprint density at radius 3 is 2.12 bits per heavy atom. The average Bonchev–Trinajstić information content (AvgIpc) is 3.33. The van der Waals surface area contributed by atoms with Crippen molar-refractivity contribution in [3.63, 3.8) is 0 Å². The maximum Gasteiger partial charge on any atom is 0.338 e. The van der Waals surface area contributed by atoms with Gasteiger partial charge in [-0.1, -0.05) is 6.07 Å². The SMILES string of the molecule is CN(C)S(=O)(=O)c1cccc(C(=O)OCC(=O)c2ccc(S(=O)(=O)N3CCCC3)cc2)c1. The maximum atomic E-state index is 12.6. The number of ketones is 1. The summed E-state index contributed by atoms with van der Waals surface area (Å²) in [5.41, 5.74) is 0.190. The fourth-order valence-electron chi connectivity index (χ4n) is 3.18. The van der Waals surface area contributed by atoms with E-state index in [-0.39, 0.29) is 20.9 Å². The van der Waals surface area contributed by atoms with E-state index in [9.17, 15) is 26.4 Å². The molecule has 0 aromatic heterocycles. The van der Waals surface area contributed by atoms with Crippen molar-refractivity contribution in [1.82, 2.24) is 8.61 Å². The normalized spacial score (nSPS) is 15.1. The zero-order valence-electron chi connectivity index (χ0n) is 17.7. The summed E-state index contributed by atoms with van der Waals surface area (Å²) in [7, 11) is -4.55. The smallest absolute Gasteiger partial charge is 0.338 e. The van der Waals surface area contributed by atoms with Gasteiger partial charge in [-0.15, -0.1) is 0 Å². The minimum atomic E-state index is -3.72. The number of ether oxygens (including phenoxy) is 1. The van der Waals surface area contributed by atoms with Crippen LogP contribution in [-0.4, -0.2) is 71.0 Å². The van der Waals surface area contributed by atoms with Crippen molar-refractivity contribution in [3.8, 4) is 0 Å². The third kappa shape index (κ3) is 5.07. The number of hydrogen-bond donors (Lipinski definition) is 0. The average molecular weight is 481 g/mol. The Bertz CT molecular complexity index is 1220. The maximum absolute atomic E-state index is 12.6. The molecule has 2 aromatic carbocycles. The van der Waals surface area contributed by atoms with Crippen LogP contribution < -0.4 is 0 Å². The van der Waals surface area contributed by atoms with Gasteiger partial charge >= 0.3 is 5.97 Å². The summed E-state index contributed by atoms with van der Waals surface area (Å²) in [6.07, 6.45) is 1.65. The molecule has 11 heteroatoms. The first-order valence-corrected chi connectivity index (χ1v) is 12.7. The standard InChI is InChI=1S/C21H24N2O7S2/c1-22(2)31(26,27)19-7-5-6-17(14-19)21(25)30-15-20(24)16-8-10-18(11-9-16)32(28,29)23-12-3-4-13-23/h5-11,14H,3-4,12-13,15H2,1-2H3. The molecule has 0 aliphatic carbocycles. The highest BCUT2D eigenvalue weighted by Gasteiger charge is 2.27. The number of benzene rings is 2. The molecule has 0 atom stereocenters. The summed E-state index contributed by atoms with van der Waals surface area (Å²) in [4.78, 5) is 24.7. The third-order valence-corrected chi connectivity index (χ3v) is 8.79. The third-order valence-electron chi connectivity index (χ3n) is 5.06. The molecule has 2 aromatic rings. The molecule has 32 heavy (non-hydrogen) atoms. The van der Waals surface area contributed by atoms with Gasteiger partial charge in [-0.05, 0) is 55.3 Å². The molecule has 1 heterocycles. The number of esters is 1. The molecule has 0 saturated carbocycles. The molecule has 0 amide bonds. The number of nitrogens with zero attached hydrogens (tertiary/aromatic N) is 2. The molecule has 9 nitrogen and oxygen atoms in total. The summed E-state index contributed by atoms with van der Waals surface area (Å²) >= 11 is 0. The lowest BCUT2D eigenvalue weighted by Crippen LogP contribution is -2.27. The number of carbonyl (C=O) groups excluding carboxylic acids is 2. The first-order chi connectivity index (χ1) is 15.0. The Morgan fingerprint density at radius 1 is 0.906 bits per heavy atom. The zero-order chi connectivity index (χ0) is 23.5. The summed E-state index contributed by atoms with van der Waals surface area (Å²) < 4.78 is 57.0. The Hall–Kier alpha value is -2.60. The van der Waals surface area contributed by atoms with Gasteiger partial charge in [0, 0.05) is 32.7 Å². The molecule has 0 N–H and O–H groups in total. The van der Waals surface area contributed by atoms with E-state index in [0.717, 1.165) is 17.1 Å². The van der Waals surface area contributed by atoms with Gasteiger partial charge in [0.1, 0.15) is 0 Å². The molecule has 0 radical (unpaired) electrons. The summed E-state index contributed by atoms with van der Waals surface area (Å²) in [6, 6.07) is 10.8. The second-order valence-corrected chi connectivity index (χ2v) is 11.5. The van der Waals surface area contributed by atoms with Crippen molar-refractivity contribution >= 4 is 31.8 Å². The highest BCUT2D eigenvalue weighted by Crippen LogP contribution is 2.21. The van der Waals surface area contributed by atoms with E-state index < -0.39 is 38.4 Å². The quantitative estimate of drug-likeness (QED) is 0.417. The summed E-state index contributed by atoms with van der Waals surface area (Å²) in [5, 5.41) is 0. The van der Waals surface area contributed by atoms with Gasteiger partial charge < -0.3 is 4.74 Å². The number of sulfonamides is 2. The molecule has 1 aliphatic heterocycles. The van der Waals surface area contributed by atoms with E-state index in [1.807, 2.05) is 0 Å². The predicted molar refractivity (Wildman–Crippen MR) is 116 cm³/mol. The van der Waals surface area contributed by atoms with Gasteiger partial charge in [-0.2, -0.15) is 4.31 Å². The van der Waals surface area contributed by atoms with Crippen LogP contribution in [0.2, 0.25) is 0 Å². The molecular formula is C21H24N2O7S2. The van der Waals surface area contributed by atoms with Crippen molar-refractivity contribution in [2.24, 2.45) is 0 Å². The Morgan fingerprint density at radius 2 is 1.53 bits per heavy atom. The molecule has 1 saturated heterocycles. The Balaban J connectivity index is 1.65. The van der Waals surface area contributed by atoms with Crippen molar-refractivity contribution in [2.45, 2.75) is 22.6 Å². The van der Waals surface area contributed by atoms with Crippen LogP contribution in [0.15, 0.2) is 58.3 Å². The Kier molecular flexibility index (Phi) is 7.13. The monoisotopic (exact) mass is 480 g/mol. The van der Waals surface area contributed by atoms with E-state index in [0.29, 0.717) is 13.1 Å². The lowest BCUT2D eigenvalue weighted by molar-refractivity contribution is 0.0474. The van der Waals surface area contributed by atoms with Crippen LogP contribution >= 0.6 is 0 Å². The zero-order valence-corrected chi connectivity index (χ0v) is 19.4. The van der Waals surface area contributed by atoms with Gasteiger partial charge in [0.25, 0.3) is 0 Å². The van der Waals surface area contributed by atoms with Gasteiger partial charge in [0.05, 0.1) is 15.4 Å². The van der Waals surface area contributed by atoms with Crippen LogP contribution in [0.3, 0.4) is 0 Å². The molecule has 1 fully saturated rings. The van der Waals surface area contributed by atoms with Gasteiger partial charge in [-0.3, -0.25) is 4.79 Å². The molecule has 0 spiro atoms. The van der Waals surface area contributed by atoms with E-state index in [4.69, 9.17) is 4.74 Å². The number of Topliss-reactive ketones (excluding diaryl/α,β-unsaturated/α-hetero) is 1. The largest absolute Gasteiger partial charge is 0.454 e.